The number of nitrogens with zero attached hydrogens (tertiary/aromatic N) is 2. The van der Waals surface area contributed by atoms with Gasteiger partial charge in [-0.15, -0.1) is 0 Å². The fraction of sp³-hybridized carbons (Fsp3) is 0.182. The van der Waals surface area contributed by atoms with E-state index in [0.717, 1.165) is 0 Å². The van der Waals surface area contributed by atoms with Gasteiger partial charge in [0.2, 0.25) is 0 Å². The van der Waals surface area contributed by atoms with E-state index in [1.807, 2.05) is 0 Å². The molecule has 0 N–H and O–H groups in total. The largest absolute Gasteiger partial charge is 0.369 e. The van der Waals surface area contributed by atoms with E-state index in [4.69, 9.17) is 4.74 Å². The standard InChI is InChI=1S/C44H38N2O/c1-5-17-31(18-6-1)45(32-19-7-2-8-20-32)40-29-39-43-37-27-15-13-25-35(37)41(30-42(43)47-44(39)38-28-16-14-26-36(38)40)46(33-21-9-3-10-22-33)34-23-11-4-12-24-34/h1-30,35-39,42-44H. The average Bonchev–Trinajstić information content (AvgIpc) is 3.53. The zero-order chi connectivity index (χ0) is 31.2. The van der Waals surface area contributed by atoms with Gasteiger partial charge in [-0.05, 0) is 60.5 Å². The highest BCUT2D eigenvalue weighted by molar-refractivity contribution is 5.71. The molecule has 0 bridgehead atoms. The number of rotatable bonds is 6. The first-order chi connectivity index (χ1) is 23.3. The zero-order valence-electron chi connectivity index (χ0n) is 26.2. The third-order valence-corrected chi connectivity index (χ3v) is 10.7. The summed E-state index contributed by atoms with van der Waals surface area (Å²) in [7, 11) is 0. The highest BCUT2D eigenvalue weighted by Crippen LogP contribution is 2.57. The fourth-order valence-corrected chi connectivity index (χ4v) is 8.74. The molecule has 9 rings (SSSR count). The highest BCUT2D eigenvalue weighted by Gasteiger charge is 2.56. The molecule has 0 saturated carbocycles. The lowest BCUT2D eigenvalue weighted by molar-refractivity contribution is 0.0165. The Labute approximate surface area is 277 Å². The van der Waals surface area contributed by atoms with E-state index in [0.29, 0.717) is 11.8 Å². The van der Waals surface area contributed by atoms with Crippen molar-refractivity contribution < 1.29 is 4.74 Å². The predicted molar refractivity (Wildman–Crippen MR) is 192 cm³/mol. The van der Waals surface area contributed by atoms with E-state index in [1.54, 1.807) is 0 Å². The van der Waals surface area contributed by atoms with E-state index in [9.17, 15) is 0 Å². The summed E-state index contributed by atoms with van der Waals surface area (Å²) in [4.78, 5) is 4.93. The first kappa shape index (κ1) is 28.1. The smallest absolute Gasteiger partial charge is 0.0820 e. The molecule has 1 heterocycles. The number of fused-ring (bicyclic) bond motifs is 7. The van der Waals surface area contributed by atoms with Crippen LogP contribution in [0.5, 0.6) is 0 Å². The molecule has 8 atom stereocenters. The third-order valence-electron chi connectivity index (χ3n) is 10.7. The van der Waals surface area contributed by atoms with Crippen LogP contribution in [0.2, 0.25) is 0 Å². The molecule has 0 radical (unpaired) electrons. The molecule has 4 aromatic carbocycles. The summed E-state index contributed by atoms with van der Waals surface area (Å²) in [5, 5.41) is 0. The van der Waals surface area contributed by atoms with Gasteiger partial charge in [0.15, 0.2) is 0 Å². The van der Waals surface area contributed by atoms with Crippen molar-refractivity contribution in [2.75, 3.05) is 9.80 Å². The van der Waals surface area contributed by atoms with Crippen molar-refractivity contribution >= 4 is 22.7 Å². The van der Waals surface area contributed by atoms with Crippen molar-refractivity contribution in [3.8, 4) is 0 Å². The predicted octanol–water partition coefficient (Wildman–Crippen LogP) is 10.2. The number of benzene rings is 4. The summed E-state index contributed by atoms with van der Waals surface area (Å²) in [6.07, 6.45) is 23.7. The molecule has 0 spiro atoms. The quantitative estimate of drug-likeness (QED) is 0.216. The fourth-order valence-electron chi connectivity index (χ4n) is 8.74. The monoisotopic (exact) mass is 610 g/mol. The molecular formula is C44H38N2O. The Morgan fingerprint density at radius 3 is 1.30 bits per heavy atom. The number of hydrogen-bond donors (Lipinski definition) is 0. The van der Waals surface area contributed by atoms with Crippen LogP contribution in [0.25, 0.3) is 0 Å². The van der Waals surface area contributed by atoms with Crippen LogP contribution in [-0.2, 0) is 4.74 Å². The van der Waals surface area contributed by atoms with Crippen LogP contribution < -0.4 is 9.80 Å². The van der Waals surface area contributed by atoms with Gasteiger partial charge in [0.05, 0.1) is 12.2 Å². The molecule has 5 aliphatic rings. The molecule has 4 aromatic rings. The summed E-state index contributed by atoms with van der Waals surface area (Å²) >= 11 is 0. The Morgan fingerprint density at radius 1 is 0.404 bits per heavy atom. The summed E-state index contributed by atoms with van der Waals surface area (Å²) in [6, 6.07) is 43.3. The molecule has 1 aliphatic heterocycles. The number of ether oxygens (including phenoxy) is 1. The minimum absolute atomic E-state index is 0.00443. The Hall–Kier alpha value is -5.12. The van der Waals surface area contributed by atoms with E-state index in [2.05, 4.69) is 192 Å². The number of anilines is 4. The van der Waals surface area contributed by atoms with Gasteiger partial charge in [0.1, 0.15) is 0 Å². The van der Waals surface area contributed by atoms with Crippen LogP contribution in [0.4, 0.5) is 22.7 Å². The van der Waals surface area contributed by atoms with Crippen LogP contribution in [-0.4, -0.2) is 12.2 Å². The molecule has 1 fully saturated rings. The molecule has 47 heavy (non-hydrogen) atoms. The lowest BCUT2D eigenvalue weighted by Crippen LogP contribution is -2.43. The lowest BCUT2D eigenvalue weighted by atomic mass is 9.62. The molecule has 3 heteroatoms. The van der Waals surface area contributed by atoms with Gasteiger partial charge >= 0.3 is 0 Å². The van der Waals surface area contributed by atoms with Gasteiger partial charge in [-0.2, -0.15) is 0 Å². The Morgan fingerprint density at radius 2 is 0.809 bits per heavy atom. The molecule has 3 nitrogen and oxygen atoms in total. The molecule has 8 unspecified atom stereocenters. The summed E-state index contributed by atoms with van der Waals surface area (Å²) < 4.78 is 7.27. The Balaban J connectivity index is 1.19. The minimum atomic E-state index is 0.00443. The molecule has 230 valence electrons. The summed E-state index contributed by atoms with van der Waals surface area (Å²) in [5.41, 5.74) is 7.35. The maximum Gasteiger partial charge on any atom is 0.0820 e. The van der Waals surface area contributed by atoms with E-state index in [1.165, 1.54) is 34.1 Å². The van der Waals surface area contributed by atoms with Crippen molar-refractivity contribution in [3.05, 3.63) is 193 Å². The normalized spacial score (nSPS) is 29.5. The van der Waals surface area contributed by atoms with Crippen molar-refractivity contribution in [3.63, 3.8) is 0 Å². The number of allylic oxidation sites excluding steroid dienone is 7. The van der Waals surface area contributed by atoms with Crippen molar-refractivity contribution in [2.45, 2.75) is 12.2 Å². The van der Waals surface area contributed by atoms with Crippen molar-refractivity contribution in [1.29, 1.82) is 0 Å². The number of para-hydroxylation sites is 4. The second kappa shape index (κ2) is 11.9. The molecule has 0 aromatic heterocycles. The first-order valence-corrected chi connectivity index (χ1v) is 16.9. The summed E-state index contributed by atoms with van der Waals surface area (Å²) in [6.45, 7) is 0. The van der Waals surface area contributed by atoms with Crippen LogP contribution in [0.15, 0.2) is 193 Å². The Bertz CT molecular complexity index is 1830. The van der Waals surface area contributed by atoms with E-state index in [-0.39, 0.29) is 35.9 Å². The van der Waals surface area contributed by atoms with Gasteiger partial charge in [-0.1, -0.05) is 127 Å². The second-order valence-corrected chi connectivity index (χ2v) is 13.2. The molecular weight excluding hydrogens is 572 g/mol. The lowest BCUT2D eigenvalue weighted by Gasteiger charge is -2.45. The third kappa shape index (κ3) is 4.85. The van der Waals surface area contributed by atoms with E-state index < -0.39 is 0 Å². The van der Waals surface area contributed by atoms with Gasteiger partial charge in [0.25, 0.3) is 0 Å². The van der Waals surface area contributed by atoms with Gasteiger partial charge in [-0.25, -0.2) is 0 Å². The van der Waals surface area contributed by atoms with Crippen molar-refractivity contribution in [1.82, 2.24) is 0 Å². The van der Waals surface area contributed by atoms with Crippen LogP contribution >= 0.6 is 0 Å². The van der Waals surface area contributed by atoms with Gasteiger partial charge in [-0.3, -0.25) is 0 Å². The minimum Gasteiger partial charge on any atom is -0.369 e. The SMILES string of the molecule is C1=CC2C(N(c3ccccc3)c3ccccc3)=CC3C(OC4C=C(N(c5ccccc5)c5ccccc5)C5C=CC=CC5C43)C2C=C1. The van der Waals surface area contributed by atoms with Gasteiger partial charge in [0, 0.05) is 63.7 Å². The molecule has 1 saturated heterocycles. The topological polar surface area (TPSA) is 15.7 Å². The maximum absolute atomic E-state index is 7.27. The van der Waals surface area contributed by atoms with Crippen LogP contribution in [0.3, 0.4) is 0 Å². The molecule has 4 aliphatic carbocycles. The molecule has 0 amide bonds. The van der Waals surface area contributed by atoms with Crippen LogP contribution in [0, 0.1) is 35.5 Å². The highest BCUT2D eigenvalue weighted by atomic mass is 16.5. The first-order valence-electron chi connectivity index (χ1n) is 16.9. The van der Waals surface area contributed by atoms with Gasteiger partial charge < -0.3 is 14.5 Å². The average molecular weight is 611 g/mol. The second-order valence-electron chi connectivity index (χ2n) is 13.2. The van der Waals surface area contributed by atoms with E-state index >= 15 is 0 Å². The summed E-state index contributed by atoms with van der Waals surface area (Å²) in [5.74, 6) is 1.61. The Kier molecular flexibility index (Phi) is 7.13. The maximum atomic E-state index is 7.27. The van der Waals surface area contributed by atoms with Crippen molar-refractivity contribution in [2.24, 2.45) is 35.5 Å². The zero-order valence-corrected chi connectivity index (χ0v) is 26.2. The van der Waals surface area contributed by atoms with Crippen LogP contribution in [0.1, 0.15) is 0 Å². The number of hydrogen-bond acceptors (Lipinski definition) is 3.